The molecule has 0 spiro atoms. The molecule has 0 fully saturated rings. The summed E-state index contributed by atoms with van der Waals surface area (Å²) in [6.45, 7) is 2.68. The Hall–Kier alpha value is -2.34. The van der Waals surface area contributed by atoms with Gasteiger partial charge in [0.15, 0.2) is 0 Å². The van der Waals surface area contributed by atoms with Crippen LogP contribution in [0.4, 0.5) is 11.4 Å². The van der Waals surface area contributed by atoms with Crippen LogP contribution in [0.5, 0.6) is 0 Å². The van der Waals surface area contributed by atoms with Crippen LogP contribution in [0.1, 0.15) is 30.0 Å². The van der Waals surface area contributed by atoms with Gasteiger partial charge in [-0.1, -0.05) is 18.2 Å². The first-order chi connectivity index (χ1) is 12.5. The predicted octanol–water partition coefficient (Wildman–Crippen LogP) is 2.66. The molecule has 0 N–H and O–H groups in total. The van der Waals surface area contributed by atoms with Gasteiger partial charge in [-0.15, -0.1) is 0 Å². The van der Waals surface area contributed by atoms with E-state index in [1.165, 1.54) is 0 Å². The second-order valence-electron chi connectivity index (χ2n) is 7.40. The lowest BCUT2D eigenvalue weighted by Gasteiger charge is -2.28. The molecule has 1 unspecified atom stereocenters. The van der Waals surface area contributed by atoms with E-state index in [0.29, 0.717) is 11.3 Å². The van der Waals surface area contributed by atoms with E-state index in [9.17, 15) is 13.2 Å². The molecule has 0 aliphatic carbocycles. The van der Waals surface area contributed by atoms with E-state index in [1.54, 1.807) is 16.4 Å². The number of nitrogens with zero attached hydrogens (tertiary/aromatic N) is 2. The Morgan fingerprint density at radius 3 is 2.69 bits per heavy atom. The van der Waals surface area contributed by atoms with Gasteiger partial charge in [0, 0.05) is 12.6 Å². The Labute approximate surface area is 153 Å². The Balaban J connectivity index is 1.65. The fraction of sp³-hybridized carbons (Fsp3) is 0.350. The zero-order valence-corrected chi connectivity index (χ0v) is 15.4. The molecule has 0 bridgehead atoms. The standard InChI is InChI=1S/C20H20N2O3S/c1-13-9-14-5-2-3-7-18(14)22(13)26(24,25)17-10-15-6-4-8-21-19(23)12-16(11-17)20(15)21/h2-3,5,7,10-11,13H,4,6,8-9,12H2,1H3. The molecule has 2 aromatic rings. The number of hydrogen-bond acceptors (Lipinski definition) is 3. The number of benzene rings is 2. The molecule has 3 aliphatic rings. The largest absolute Gasteiger partial charge is 0.312 e. The van der Waals surface area contributed by atoms with Crippen LogP contribution in [-0.4, -0.2) is 26.9 Å². The summed E-state index contributed by atoms with van der Waals surface area (Å²) in [7, 11) is -3.66. The summed E-state index contributed by atoms with van der Waals surface area (Å²) >= 11 is 0. The lowest BCUT2D eigenvalue weighted by Crippen LogP contribution is -2.36. The van der Waals surface area contributed by atoms with Crippen LogP contribution in [0.3, 0.4) is 0 Å². The third-order valence-electron chi connectivity index (χ3n) is 5.68. The highest BCUT2D eigenvalue weighted by atomic mass is 32.2. The summed E-state index contributed by atoms with van der Waals surface area (Å²) < 4.78 is 28.5. The molecule has 5 rings (SSSR count). The smallest absolute Gasteiger partial charge is 0.264 e. The molecule has 2 aromatic carbocycles. The minimum Gasteiger partial charge on any atom is -0.312 e. The van der Waals surface area contributed by atoms with Gasteiger partial charge in [0.2, 0.25) is 5.91 Å². The summed E-state index contributed by atoms with van der Waals surface area (Å²) in [5.74, 6) is 0.0791. The molecule has 1 atom stereocenters. The van der Waals surface area contributed by atoms with E-state index >= 15 is 0 Å². The SMILES string of the molecule is CC1Cc2ccccc2N1S(=O)(=O)c1cc2c3c(c1)CC(=O)N3CCC2. The number of rotatable bonds is 2. The molecule has 0 radical (unpaired) electrons. The van der Waals surface area contributed by atoms with Crippen LogP contribution in [0.2, 0.25) is 0 Å². The van der Waals surface area contributed by atoms with E-state index in [0.717, 1.165) is 53.9 Å². The van der Waals surface area contributed by atoms with E-state index < -0.39 is 10.0 Å². The molecular weight excluding hydrogens is 348 g/mol. The molecule has 26 heavy (non-hydrogen) atoms. The van der Waals surface area contributed by atoms with Gasteiger partial charge in [0.05, 0.1) is 22.7 Å². The highest BCUT2D eigenvalue weighted by molar-refractivity contribution is 7.92. The molecule has 0 saturated carbocycles. The number of amides is 1. The summed E-state index contributed by atoms with van der Waals surface area (Å²) in [5.41, 5.74) is 4.62. The van der Waals surface area contributed by atoms with E-state index in [2.05, 4.69) is 0 Å². The molecular formula is C20H20N2O3S. The third kappa shape index (κ3) is 2.08. The van der Waals surface area contributed by atoms with Crippen molar-refractivity contribution in [1.82, 2.24) is 0 Å². The van der Waals surface area contributed by atoms with Crippen LogP contribution in [0.25, 0.3) is 0 Å². The maximum atomic E-state index is 13.5. The number of aryl methyl sites for hydroxylation is 1. The van der Waals surface area contributed by atoms with Gasteiger partial charge in [-0.3, -0.25) is 9.10 Å². The van der Waals surface area contributed by atoms with Gasteiger partial charge in [0.1, 0.15) is 0 Å². The third-order valence-corrected chi connectivity index (χ3v) is 7.59. The van der Waals surface area contributed by atoms with Crippen molar-refractivity contribution < 1.29 is 13.2 Å². The number of fused-ring (bicyclic) bond motifs is 1. The van der Waals surface area contributed by atoms with E-state index in [4.69, 9.17) is 0 Å². The number of hydrogen-bond donors (Lipinski definition) is 0. The van der Waals surface area contributed by atoms with Crippen LogP contribution in [-0.2, 0) is 34.1 Å². The predicted molar refractivity (Wildman–Crippen MR) is 100 cm³/mol. The number of carbonyl (C=O) groups is 1. The van der Waals surface area contributed by atoms with Crippen molar-refractivity contribution in [2.45, 2.75) is 43.5 Å². The molecule has 134 valence electrons. The lowest BCUT2D eigenvalue weighted by atomic mass is 10.0. The van der Waals surface area contributed by atoms with Gasteiger partial charge in [-0.2, -0.15) is 0 Å². The Bertz CT molecular complexity index is 1050. The number of carbonyl (C=O) groups excluding carboxylic acids is 1. The van der Waals surface area contributed by atoms with Gasteiger partial charge < -0.3 is 4.90 Å². The van der Waals surface area contributed by atoms with Gasteiger partial charge in [-0.25, -0.2) is 8.42 Å². The molecule has 3 aliphatic heterocycles. The van der Waals surface area contributed by atoms with Crippen molar-refractivity contribution in [1.29, 1.82) is 0 Å². The Morgan fingerprint density at radius 2 is 1.85 bits per heavy atom. The first-order valence-corrected chi connectivity index (χ1v) is 10.5. The summed E-state index contributed by atoms with van der Waals surface area (Å²) in [4.78, 5) is 14.4. The molecule has 1 amide bonds. The normalized spacial score (nSPS) is 21.1. The second-order valence-corrected chi connectivity index (χ2v) is 9.21. The van der Waals surface area contributed by atoms with Crippen molar-refractivity contribution >= 4 is 27.3 Å². The van der Waals surface area contributed by atoms with Crippen molar-refractivity contribution in [3.8, 4) is 0 Å². The lowest BCUT2D eigenvalue weighted by molar-refractivity contribution is -0.117. The number of anilines is 2. The van der Waals surface area contributed by atoms with Crippen LogP contribution in [0.15, 0.2) is 41.3 Å². The quantitative estimate of drug-likeness (QED) is 0.819. The summed E-state index contributed by atoms with van der Waals surface area (Å²) in [6.07, 6.45) is 2.73. The number of sulfonamides is 1. The summed E-state index contributed by atoms with van der Waals surface area (Å²) in [6, 6.07) is 11.1. The van der Waals surface area contributed by atoms with Crippen LogP contribution < -0.4 is 9.21 Å². The van der Waals surface area contributed by atoms with Crippen LogP contribution >= 0.6 is 0 Å². The van der Waals surface area contributed by atoms with E-state index in [1.807, 2.05) is 36.1 Å². The fourth-order valence-electron chi connectivity index (χ4n) is 4.61. The highest BCUT2D eigenvalue weighted by Crippen LogP contribution is 2.41. The van der Waals surface area contributed by atoms with E-state index in [-0.39, 0.29) is 11.9 Å². The molecule has 0 aromatic heterocycles. The monoisotopic (exact) mass is 368 g/mol. The number of para-hydroxylation sites is 1. The van der Waals surface area contributed by atoms with Crippen molar-refractivity contribution in [3.05, 3.63) is 53.1 Å². The van der Waals surface area contributed by atoms with Crippen molar-refractivity contribution in [3.63, 3.8) is 0 Å². The minimum absolute atomic E-state index is 0.0791. The minimum atomic E-state index is -3.66. The second kappa shape index (κ2) is 5.33. The maximum Gasteiger partial charge on any atom is 0.264 e. The molecule has 3 heterocycles. The molecule has 6 heteroatoms. The fourth-order valence-corrected chi connectivity index (χ4v) is 6.41. The highest BCUT2D eigenvalue weighted by Gasteiger charge is 2.38. The first kappa shape index (κ1) is 15.9. The van der Waals surface area contributed by atoms with Gasteiger partial charge >= 0.3 is 0 Å². The Morgan fingerprint density at radius 1 is 1.08 bits per heavy atom. The average molecular weight is 368 g/mol. The molecule has 0 saturated heterocycles. The average Bonchev–Trinajstić information content (AvgIpc) is 3.13. The first-order valence-electron chi connectivity index (χ1n) is 9.05. The summed E-state index contributed by atoms with van der Waals surface area (Å²) in [5, 5.41) is 0. The van der Waals surface area contributed by atoms with Crippen LogP contribution in [0, 0.1) is 0 Å². The topological polar surface area (TPSA) is 57.7 Å². The van der Waals surface area contributed by atoms with Crippen molar-refractivity contribution in [2.24, 2.45) is 0 Å². The van der Waals surface area contributed by atoms with Crippen molar-refractivity contribution in [2.75, 3.05) is 15.7 Å². The Kier molecular flexibility index (Phi) is 3.26. The maximum absolute atomic E-state index is 13.5. The zero-order valence-electron chi connectivity index (χ0n) is 14.6. The van der Waals surface area contributed by atoms with Gasteiger partial charge in [0.25, 0.3) is 10.0 Å². The zero-order chi connectivity index (χ0) is 18.1. The molecule has 5 nitrogen and oxygen atoms in total. The van der Waals surface area contributed by atoms with Gasteiger partial charge in [-0.05, 0) is 61.1 Å².